The van der Waals surface area contributed by atoms with Crippen LogP contribution in [0.2, 0.25) is 0 Å². The molecule has 0 saturated carbocycles. The molecule has 1 rings (SSSR count). The van der Waals surface area contributed by atoms with Gasteiger partial charge in [-0.2, -0.15) is 39.5 Å². The van der Waals surface area contributed by atoms with Crippen LogP contribution in [0, 0.1) is 10.1 Å². The van der Waals surface area contributed by atoms with Gasteiger partial charge >= 0.3 is 18.5 Å². The van der Waals surface area contributed by atoms with Crippen LogP contribution in [-0.4, -0.2) is 4.92 Å². The van der Waals surface area contributed by atoms with Gasteiger partial charge in [-0.25, -0.2) is 0 Å². The summed E-state index contributed by atoms with van der Waals surface area (Å²) in [5.74, 6) is 0. The Kier molecular flexibility index (Phi) is 4.44. The van der Waals surface area contributed by atoms with Gasteiger partial charge in [0.15, 0.2) is 0 Å². The van der Waals surface area contributed by atoms with Crippen LogP contribution >= 0.6 is 15.9 Å². The highest BCUT2D eigenvalue weighted by molar-refractivity contribution is 9.10. The van der Waals surface area contributed by atoms with E-state index in [1.54, 1.807) is 0 Å². The van der Waals surface area contributed by atoms with Crippen LogP contribution < -0.4 is 0 Å². The average molecular weight is 406 g/mol. The molecule has 0 fully saturated rings. The molecule has 0 radical (unpaired) electrons. The summed E-state index contributed by atoms with van der Waals surface area (Å²) >= 11 is 1.82. The Bertz CT molecular complexity index is 617. The third kappa shape index (κ3) is 3.44. The van der Waals surface area contributed by atoms with Crippen molar-refractivity contribution in [1.82, 2.24) is 0 Å². The second kappa shape index (κ2) is 5.28. The van der Waals surface area contributed by atoms with Gasteiger partial charge in [0.25, 0.3) is 5.69 Å². The first-order valence-electron chi connectivity index (χ1n) is 4.81. The summed E-state index contributed by atoms with van der Waals surface area (Å²) < 4.78 is 112. The van der Waals surface area contributed by atoms with E-state index in [-0.39, 0.29) is 0 Å². The SMILES string of the molecule is O=[N+]([O-])c1cc(C(F)(F)F)c(Br)c(C(F)(F)F)c1C(F)(F)F. The second-order valence-corrected chi connectivity index (χ2v) is 4.55. The lowest BCUT2D eigenvalue weighted by atomic mass is 10.00. The number of hydrogen-bond acceptors (Lipinski definition) is 2. The van der Waals surface area contributed by atoms with E-state index in [0.717, 1.165) is 0 Å². The third-order valence-electron chi connectivity index (χ3n) is 2.31. The van der Waals surface area contributed by atoms with Crippen molar-refractivity contribution in [2.75, 3.05) is 0 Å². The fourth-order valence-corrected chi connectivity index (χ4v) is 2.31. The Morgan fingerprint density at radius 3 is 1.55 bits per heavy atom. The highest BCUT2D eigenvalue weighted by Gasteiger charge is 2.52. The van der Waals surface area contributed by atoms with Crippen LogP contribution in [0.4, 0.5) is 45.2 Å². The van der Waals surface area contributed by atoms with E-state index in [0.29, 0.717) is 0 Å². The molecule has 0 atom stereocenters. The molecule has 0 bridgehead atoms. The van der Waals surface area contributed by atoms with E-state index in [1.165, 1.54) is 0 Å². The highest BCUT2D eigenvalue weighted by Crippen LogP contribution is 2.51. The van der Waals surface area contributed by atoms with Crippen LogP contribution in [-0.2, 0) is 18.5 Å². The molecule has 0 amide bonds. The molecule has 0 heterocycles. The standard InChI is InChI=1S/C9HBrF9NO2/c10-6-2(7(11,12)13)1-3(20(21)22)4(8(14,15)16)5(6)9(17,18)19/h1H. The van der Waals surface area contributed by atoms with Crippen molar-refractivity contribution in [3.8, 4) is 0 Å². The predicted molar refractivity (Wildman–Crippen MR) is 55.8 cm³/mol. The third-order valence-corrected chi connectivity index (χ3v) is 3.14. The molecule has 1 aromatic carbocycles. The number of benzene rings is 1. The first kappa shape index (κ1) is 18.5. The molecule has 0 aliphatic rings. The molecular weight excluding hydrogens is 405 g/mol. The first-order valence-corrected chi connectivity index (χ1v) is 5.60. The fourth-order valence-electron chi connectivity index (χ4n) is 1.55. The van der Waals surface area contributed by atoms with Gasteiger partial charge in [0.05, 0.1) is 16.1 Å². The lowest BCUT2D eigenvalue weighted by Gasteiger charge is -2.20. The van der Waals surface area contributed by atoms with Crippen molar-refractivity contribution in [3.63, 3.8) is 0 Å². The quantitative estimate of drug-likeness (QED) is 0.356. The van der Waals surface area contributed by atoms with Gasteiger partial charge in [-0.05, 0) is 15.9 Å². The molecular formula is C9HBrF9NO2. The van der Waals surface area contributed by atoms with Crippen molar-refractivity contribution < 1.29 is 44.4 Å². The van der Waals surface area contributed by atoms with E-state index in [9.17, 15) is 49.6 Å². The maximum absolute atomic E-state index is 12.7. The fraction of sp³-hybridized carbons (Fsp3) is 0.333. The minimum absolute atomic E-state index is 0.595. The summed E-state index contributed by atoms with van der Waals surface area (Å²) in [6, 6.07) is -0.595. The van der Waals surface area contributed by atoms with Gasteiger partial charge in [-0.1, -0.05) is 0 Å². The summed E-state index contributed by atoms with van der Waals surface area (Å²) in [6.45, 7) is 0. The highest BCUT2D eigenvalue weighted by atomic mass is 79.9. The van der Waals surface area contributed by atoms with E-state index in [4.69, 9.17) is 0 Å². The molecule has 0 saturated heterocycles. The Morgan fingerprint density at radius 2 is 1.27 bits per heavy atom. The summed E-state index contributed by atoms with van der Waals surface area (Å²) in [6.07, 6.45) is -17.3. The molecule has 0 aromatic heterocycles. The number of hydrogen-bond donors (Lipinski definition) is 0. The number of nitrogens with zero attached hydrogens (tertiary/aromatic N) is 1. The molecule has 1 aromatic rings. The van der Waals surface area contributed by atoms with Crippen LogP contribution in [0.3, 0.4) is 0 Å². The lowest BCUT2D eigenvalue weighted by Crippen LogP contribution is -2.22. The normalized spacial score (nSPS) is 13.4. The molecule has 0 N–H and O–H groups in total. The van der Waals surface area contributed by atoms with E-state index in [2.05, 4.69) is 0 Å². The maximum Gasteiger partial charge on any atom is 0.423 e. The zero-order valence-electron chi connectivity index (χ0n) is 9.62. The number of nitro groups is 1. The number of alkyl halides is 9. The molecule has 0 aliphatic heterocycles. The zero-order chi connectivity index (χ0) is 17.7. The summed E-state index contributed by atoms with van der Waals surface area (Å²) in [5.41, 5.74) is -10.2. The summed E-state index contributed by atoms with van der Waals surface area (Å²) in [7, 11) is 0. The minimum atomic E-state index is -5.91. The Hall–Kier alpha value is -1.53. The molecule has 0 aliphatic carbocycles. The predicted octanol–water partition coefficient (Wildman–Crippen LogP) is 5.41. The van der Waals surface area contributed by atoms with Gasteiger partial charge in [-0.15, -0.1) is 0 Å². The average Bonchev–Trinajstić information content (AvgIpc) is 2.22. The van der Waals surface area contributed by atoms with Crippen LogP contribution in [0.1, 0.15) is 16.7 Å². The van der Waals surface area contributed by atoms with Crippen LogP contribution in [0.5, 0.6) is 0 Å². The summed E-state index contributed by atoms with van der Waals surface area (Å²) in [5, 5.41) is 10.5. The van der Waals surface area contributed by atoms with Crippen molar-refractivity contribution in [2.45, 2.75) is 18.5 Å². The van der Waals surface area contributed by atoms with Crippen molar-refractivity contribution in [2.24, 2.45) is 0 Å². The van der Waals surface area contributed by atoms with Gasteiger partial charge < -0.3 is 0 Å². The monoisotopic (exact) mass is 405 g/mol. The summed E-state index contributed by atoms with van der Waals surface area (Å²) in [4.78, 5) is 8.54. The first-order chi connectivity index (χ1) is 9.58. The maximum atomic E-state index is 12.7. The van der Waals surface area contributed by atoms with Crippen molar-refractivity contribution in [3.05, 3.63) is 37.3 Å². The Balaban J connectivity index is 4.08. The van der Waals surface area contributed by atoms with E-state index < -0.39 is 56.4 Å². The number of halogens is 10. The smallest absolute Gasteiger partial charge is 0.258 e. The largest absolute Gasteiger partial charge is 0.423 e. The second-order valence-electron chi connectivity index (χ2n) is 3.76. The van der Waals surface area contributed by atoms with Gasteiger partial charge in [0, 0.05) is 10.5 Å². The zero-order valence-corrected chi connectivity index (χ0v) is 11.2. The Labute approximate surface area is 123 Å². The number of nitro benzene ring substituents is 1. The minimum Gasteiger partial charge on any atom is -0.258 e. The molecule has 13 heteroatoms. The Morgan fingerprint density at radius 1 is 0.864 bits per heavy atom. The molecule has 22 heavy (non-hydrogen) atoms. The molecule has 0 unspecified atom stereocenters. The van der Waals surface area contributed by atoms with Crippen molar-refractivity contribution >= 4 is 21.6 Å². The topological polar surface area (TPSA) is 43.1 Å². The van der Waals surface area contributed by atoms with E-state index >= 15 is 0 Å². The van der Waals surface area contributed by atoms with Crippen LogP contribution in [0.25, 0.3) is 0 Å². The van der Waals surface area contributed by atoms with Gasteiger partial charge in [0.2, 0.25) is 0 Å². The van der Waals surface area contributed by atoms with Crippen LogP contribution in [0.15, 0.2) is 10.5 Å². The molecule has 0 spiro atoms. The van der Waals surface area contributed by atoms with Gasteiger partial charge in [0.1, 0.15) is 5.56 Å². The van der Waals surface area contributed by atoms with Gasteiger partial charge in [-0.3, -0.25) is 10.1 Å². The molecule has 124 valence electrons. The lowest BCUT2D eigenvalue weighted by molar-refractivity contribution is -0.388. The van der Waals surface area contributed by atoms with Crippen molar-refractivity contribution in [1.29, 1.82) is 0 Å². The number of rotatable bonds is 1. The van der Waals surface area contributed by atoms with E-state index in [1.807, 2.05) is 15.9 Å². The molecule has 3 nitrogen and oxygen atoms in total.